The van der Waals surface area contributed by atoms with E-state index in [0.717, 1.165) is 57.5 Å². The average Bonchev–Trinajstić information content (AvgIpc) is 3.62. The quantitative estimate of drug-likeness (QED) is 0.604. The van der Waals surface area contributed by atoms with Crippen LogP contribution in [0.3, 0.4) is 0 Å². The summed E-state index contributed by atoms with van der Waals surface area (Å²) in [6.07, 6.45) is 2.18. The summed E-state index contributed by atoms with van der Waals surface area (Å²) in [4.78, 5) is 45.5. The van der Waals surface area contributed by atoms with Crippen LogP contribution >= 0.6 is 0 Å². The third-order valence-electron chi connectivity index (χ3n) is 8.40. The number of piperazine rings is 1. The zero-order valence-corrected chi connectivity index (χ0v) is 21.3. The molecule has 2 N–H and O–H groups in total. The van der Waals surface area contributed by atoms with Gasteiger partial charge in [0, 0.05) is 43.5 Å². The number of aliphatic hydroxyl groups is 1. The van der Waals surface area contributed by atoms with E-state index in [1.807, 2.05) is 24.3 Å². The number of anilines is 1. The van der Waals surface area contributed by atoms with Gasteiger partial charge in [0.05, 0.1) is 6.54 Å². The van der Waals surface area contributed by atoms with Crippen LogP contribution in [0.4, 0.5) is 5.69 Å². The fourth-order valence-corrected chi connectivity index (χ4v) is 6.25. The highest BCUT2D eigenvalue weighted by molar-refractivity contribution is 5.99. The minimum absolute atomic E-state index is 0.0200. The topological polar surface area (TPSA) is 102 Å². The number of amides is 2. The molecule has 3 saturated heterocycles. The Hall–Kier alpha value is -2.49. The van der Waals surface area contributed by atoms with E-state index in [4.69, 9.17) is 4.74 Å². The van der Waals surface area contributed by atoms with Gasteiger partial charge in [0.25, 0.3) is 5.91 Å². The summed E-state index contributed by atoms with van der Waals surface area (Å²) in [7, 11) is 0. The monoisotopic (exact) mass is 498 g/mol. The SMILES string of the molecule is CC(C)N1CCN(c2ccc(C(=O)N[C@H](C(=O)N3C[C@@H](O)[C@H]4OCC(=O)[C@H]43)C3CCCC3)cc2)CC1. The summed E-state index contributed by atoms with van der Waals surface area (Å²) in [6.45, 7) is 8.35. The van der Waals surface area contributed by atoms with Gasteiger partial charge in [-0.3, -0.25) is 19.3 Å². The van der Waals surface area contributed by atoms with Gasteiger partial charge < -0.3 is 25.0 Å². The van der Waals surface area contributed by atoms with E-state index < -0.39 is 24.3 Å². The molecular formula is C27H38N4O5. The number of hydrogen-bond donors (Lipinski definition) is 2. The Morgan fingerprint density at radius 1 is 1.06 bits per heavy atom. The minimum atomic E-state index is -0.889. The van der Waals surface area contributed by atoms with Gasteiger partial charge in [-0.1, -0.05) is 12.8 Å². The zero-order chi connectivity index (χ0) is 25.4. The van der Waals surface area contributed by atoms with Crippen LogP contribution in [0.15, 0.2) is 24.3 Å². The normalized spacial score (nSPS) is 28.1. The first-order valence-electron chi connectivity index (χ1n) is 13.4. The summed E-state index contributed by atoms with van der Waals surface area (Å²) in [5, 5.41) is 13.3. The lowest BCUT2D eigenvalue weighted by Crippen LogP contribution is -2.54. The molecule has 1 aromatic rings. The predicted molar refractivity (Wildman–Crippen MR) is 135 cm³/mol. The van der Waals surface area contributed by atoms with E-state index in [9.17, 15) is 19.5 Å². The highest BCUT2D eigenvalue weighted by Gasteiger charge is 2.53. The molecule has 3 aliphatic heterocycles. The van der Waals surface area contributed by atoms with Crippen molar-refractivity contribution in [2.45, 2.75) is 69.9 Å². The van der Waals surface area contributed by atoms with Crippen molar-refractivity contribution < 1.29 is 24.2 Å². The number of ether oxygens (including phenoxy) is 1. The maximum Gasteiger partial charge on any atom is 0.251 e. The third-order valence-corrected chi connectivity index (χ3v) is 8.40. The molecule has 9 heteroatoms. The van der Waals surface area contributed by atoms with E-state index in [0.29, 0.717) is 11.6 Å². The van der Waals surface area contributed by atoms with Crippen molar-refractivity contribution in [2.75, 3.05) is 44.2 Å². The molecular weight excluding hydrogens is 460 g/mol. The Labute approximate surface area is 212 Å². The van der Waals surface area contributed by atoms with E-state index in [-0.39, 0.29) is 36.7 Å². The number of nitrogens with one attached hydrogen (secondary N) is 1. The predicted octanol–water partition coefficient (Wildman–Crippen LogP) is 1.05. The lowest BCUT2D eigenvalue weighted by atomic mass is 9.95. The van der Waals surface area contributed by atoms with Crippen molar-refractivity contribution in [1.29, 1.82) is 0 Å². The number of Topliss-reactive ketones (excluding diaryl/α,β-unsaturated/α-hetero) is 1. The first-order valence-corrected chi connectivity index (χ1v) is 13.4. The van der Waals surface area contributed by atoms with Gasteiger partial charge in [0.15, 0.2) is 5.78 Å². The van der Waals surface area contributed by atoms with Gasteiger partial charge in [0.2, 0.25) is 5.91 Å². The molecule has 2 amide bonds. The summed E-state index contributed by atoms with van der Waals surface area (Å²) in [5.74, 6) is -0.750. The second kappa shape index (κ2) is 10.5. The molecule has 196 valence electrons. The second-order valence-electron chi connectivity index (χ2n) is 10.9. The zero-order valence-electron chi connectivity index (χ0n) is 21.3. The molecule has 0 radical (unpaired) electrons. The molecule has 3 heterocycles. The molecule has 4 fully saturated rings. The molecule has 1 saturated carbocycles. The standard InChI is InChI=1S/C27H38N4O5/c1-17(2)29-11-13-30(14-12-29)20-9-7-19(8-10-20)26(34)28-23(18-5-3-4-6-18)27(35)31-15-21(32)25-24(31)22(33)16-36-25/h7-10,17-18,21,23-25,32H,3-6,11-16H2,1-2H3,(H,28,34)/t21-,23+,24-,25-/m1/s1. The van der Waals surface area contributed by atoms with Crippen LogP contribution in [0.25, 0.3) is 0 Å². The maximum atomic E-state index is 13.6. The smallest absolute Gasteiger partial charge is 0.251 e. The first-order chi connectivity index (χ1) is 17.3. The van der Waals surface area contributed by atoms with Crippen molar-refractivity contribution in [1.82, 2.24) is 15.1 Å². The number of β-amino-alcohol motifs (C(OH)–C–C–N with tert-alkyl or cyclic N) is 1. The van der Waals surface area contributed by atoms with Crippen LogP contribution in [0.2, 0.25) is 0 Å². The molecule has 4 aliphatic rings. The fourth-order valence-electron chi connectivity index (χ4n) is 6.25. The molecule has 0 bridgehead atoms. The van der Waals surface area contributed by atoms with Crippen LogP contribution in [-0.4, -0.2) is 102 Å². The van der Waals surface area contributed by atoms with Crippen molar-refractivity contribution in [3.8, 4) is 0 Å². The average molecular weight is 499 g/mol. The summed E-state index contributed by atoms with van der Waals surface area (Å²) in [6, 6.07) is 6.65. The van der Waals surface area contributed by atoms with Gasteiger partial charge in [0.1, 0.15) is 30.9 Å². The number of likely N-dealkylation sites (tertiary alicyclic amines) is 1. The largest absolute Gasteiger partial charge is 0.388 e. The number of rotatable bonds is 6. The van der Waals surface area contributed by atoms with Crippen LogP contribution in [0.1, 0.15) is 49.9 Å². The number of ketones is 1. The van der Waals surface area contributed by atoms with Gasteiger partial charge in [-0.2, -0.15) is 0 Å². The molecule has 4 atom stereocenters. The number of carbonyl (C=O) groups excluding carboxylic acids is 3. The van der Waals surface area contributed by atoms with Crippen LogP contribution in [0, 0.1) is 5.92 Å². The Morgan fingerprint density at radius 2 is 1.72 bits per heavy atom. The molecule has 0 unspecified atom stereocenters. The molecule has 1 aliphatic carbocycles. The molecule has 5 rings (SSSR count). The van der Waals surface area contributed by atoms with Gasteiger partial charge in [-0.25, -0.2) is 0 Å². The molecule has 0 aromatic heterocycles. The van der Waals surface area contributed by atoms with Crippen molar-refractivity contribution in [3.05, 3.63) is 29.8 Å². The number of hydrogen-bond acceptors (Lipinski definition) is 7. The van der Waals surface area contributed by atoms with E-state index in [2.05, 4.69) is 29.0 Å². The van der Waals surface area contributed by atoms with E-state index in [1.54, 1.807) is 0 Å². The second-order valence-corrected chi connectivity index (χ2v) is 10.9. The van der Waals surface area contributed by atoms with Crippen LogP contribution < -0.4 is 10.2 Å². The molecule has 0 spiro atoms. The highest BCUT2D eigenvalue weighted by atomic mass is 16.5. The summed E-state index contributed by atoms with van der Waals surface area (Å²) >= 11 is 0. The Balaban J connectivity index is 1.27. The Kier molecular flexibility index (Phi) is 7.32. The van der Waals surface area contributed by atoms with Crippen LogP contribution in [0.5, 0.6) is 0 Å². The third kappa shape index (κ3) is 4.88. The van der Waals surface area contributed by atoms with Crippen LogP contribution in [-0.2, 0) is 14.3 Å². The molecule has 1 aromatic carbocycles. The maximum absolute atomic E-state index is 13.6. The number of aliphatic hydroxyl groups excluding tert-OH is 1. The number of fused-ring (bicyclic) bond motifs is 1. The highest BCUT2D eigenvalue weighted by Crippen LogP contribution is 2.33. The van der Waals surface area contributed by atoms with Crippen molar-refractivity contribution in [3.63, 3.8) is 0 Å². The lowest BCUT2D eigenvalue weighted by Gasteiger charge is -2.38. The number of benzene rings is 1. The van der Waals surface area contributed by atoms with Crippen molar-refractivity contribution in [2.24, 2.45) is 5.92 Å². The van der Waals surface area contributed by atoms with Gasteiger partial charge >= 0.3 is 0 Å². The van der Waals surface area contributed by atoms with E-state index >= 15 is 0 Å². The van der Waals surface area contributed by atoms with Crippen molar-refractivity contribution >= 4 is 23.3 Å². The van der Waals surface area contributed by atoms with Gasteiger partial charge in [-0.15, -0.1) is 0 Å². The number of carbonyl (C=O) groups is 3. The first kappa shape index (κ1) is 25.2. The number of nitrogens with zero attached hydrogens (tertiary/aromatic N) is 3. The molecule has 9 nitrogen and oxygen atoms in total. The lowest BCUT2D eigenvalue weighted by molar-refractivity contribution is -0.139. The minimum Gasteiger partial charge on any atom is -0.388 e. The van der Waals surface area contributed by atoms with Gasteiger partial charge in [-0.05, 0) is 56.9 Å². The Morgan fingerprint density at radius 3 is 2.36 bits per heavy atom. The summed E-state index contributed by atoms with van der Waals surface area (Å²) < 4.78 is 5.43. The molecule has 36 heavy (non-hydrogen) atoms. The van der Waals surface area contributed by atoms with E-state index in [1.165, 1.54) is 4.90 Å². The fraction of sp³-hybridized carbons (Fsp3) is 0.667. The summed E-state index contributed by atoms with van der Waals surface area (Å²) in [5.41, 5.74) is 1.60. The Bertz CT molecular complexity index is 969.